The van der Waals surface area contributed by atoms with Gasteiger partial charge in [-0.25, -0.2) is 0 Å². The van der Waals surface area contributed by atoms with Crippen LogP contribution in [0.25, 0.3) is 0 Å². The maximum absolute atomic E-state index is 11.3. The molecule has 1 atom stereocenters. The molecule has 0 amide bonds. The van der Waals surface area contributed by atoms with Gasteiger partial charge in [-0.05, 0) is 18.9 Å². The van der Waals surface area contributed by atoms with Gasteiger partial charge in [-0.2, -0.15) is 0 Å². The van der Waals surface area contributed by atoms with E-state index < -0.39 is 0 Å². The van der Waals surface area contributed by atoms with Crippen molar-refractivity contribution in [1.29, 1.82) is 0 Å². The highest BCUT2D eigenvalue weighted by atomic mass is 32.2. The maximum atomic E-state index is 11.3. The Morgan fingerprint density at radius 2 is 2.13 bits per heavy atom. The molecule has 1 unspecified atom stereocenters. The van der Waals surface area contributed by atoms with Gasteiger partial charge in [-0.1, -0.05) is 25.1 Å². The van der Waals surface area contributed by atoms with Crippen molar-refractivity contribution < 1.29 is 9.90 Å². The number of carbonyl (C=O) groups excluding carboxylic acids is 1. The molecule has 15 heavy (non-hydrogen) atoms. The Morgan fingerprint density at radius 1 is 1.47 bits per heavy atom. The monoisotopic (exact) mass is 224 g/mol. The van der Waals surface area contributed by atoms with Crippen molar-refractivity contribution >= 4 is 17.5 Å². The summed E-state index contributed by atoms with van der Waals surface area (Å²) in [5.41, 5.74) is 0.771. The van der Waals surface area contributed by atoms with Crippen LogP contribution in [0.4, 0.5) is 0 Å². The molecule has 0 bridgehead atoms. The first-order valence-electron chi connectivity index (χ1n) is 4.98. The Morgan fingerprint density at radius 3 is 2.73 bits per heavy atom. The molecule has 2 nitrogen and oxygen atoms in total. The fourth-order valence-corrected chi connectivity index (χ4v) is 2.28. The van der Waals surface area contributed by atoms with E-state index in [0.717, 1.165) is 16.2 Å². The molecule has 0 heterocycles. The normalized spacial score (nSPS) is 12.5. The van der Waals surface area contributed by atoms with Gasteiger partial charge >= 0.3 is 0 Å². The molecular weight excluding hydrogens is 208 g/mol. The molecule has 0 aliphatic rings. The number of Topliss-reactive ketones (excluding diaryl/α,β-unsaturated/α-hetero) is 1. The van der Waals surface area contributed by atoms with Crippen LogP contribution in [0.5, 0.6) is 0 Å². The molecule has 3 heteroatoms. The lowest BCUT2D eigenvalue weighted by molar-refractivity contribution is 0.101. The number of hydrogen-bond acceptors (Lipinski definition) is 3. The number of thioether (sulfide) groups is 1. The summed E-state index contributed by atoms with van der Waals surface area (Å²) in [6.45, 7) is 3.76. The molecular formula is C12H16O2S. The molecule has 0 spiro atoms. The van der Waals surface area contributed by atoms with Crippen LogP contribution < -0.4 is 0 Å². The Labute approximate surface area is 94.7 Å². The number of ketones is 1. The second-order valence-electron chi connectivity index (χ2n) is 3.65. The van der Waals surface area contributed by atoms with Crippen molar-refractivity contribution in [2.24, 2.45) is 5.92 Å². The van der Waals surface area contributed by atoms with Gasteiger partial charge in [0, 0.05) is 22.8 Å². The van der Waals surface area contributed by atoms with Crippen LogP contribution in [0.1, 0.15) is 24.2 Å². The minimum Gasteiger partial charge on any atom is -0.396 e. The number of aliphatic hydroxyl groups is 1. The smallest absolute Gasteiger partial charge is 0.160 e. The molecule has 0 aliphatic heterocycles. The fourth-order valence-electron chi connectivity index (χ4n) is 1.17. The van der Waals surface area contributed by atoms with Crippen LogP contribution >= 0.6 is 11.8 Å². The number of benzene rings is 1. The second-order valence-corrected chi connectivity index (χ2v) is 4.71. The van der Waals surface area contributed by atoms with Crippen LogP contribution in [-0.2, 0) is 0 Å². The molecule has 82 valence electrons. The zero-order valence-electron chi connectivity index (χ0n) is 9.06. The van der Waals surface area contributed by atoms with E-state index in [-0.39, 0.29) is 18.3 Å². The first kappa shape index (κ1) is 12.3. The Kier molecular flexibility index (Phi) is 4.85. The van der Waals surface area contributed by atoms with Crippen LogP contribution in [0, 0.1) is 5.92 Å². The molecule has 0 saturated heterocycles. The van der Waals surface area contributed by atoms with Crippen molar-refractivity contribution in [3.63, 3.8) is 0 Å². The Balaban J connectivity index is 2.72. The quantitative estimate of drug-likeness (QED) is 0.617. The summed E-state index contributed by atoms with van der Waals surface area (Å²) < 4.78 is 0. The lowest BCUT2D eigenvalue weighted by Gasteiger charge is -2.09. The number of hydrogen-bond donors (Lipinski definition) is 1. The van der Waals surface area contributed by atoms with E-state index in [0.29, 0.717) is 0 Å². The van der Waals surface area contributed by atoms with E-state index in [4.69, 9.17) is 5.11 Å². The second kappa shape index (κ2) is 5.93. The van der Waals surface area contributed by atoms with Gasteiger partial charge in [-0.3, -0.25) is 4.79 Å². The van der Waals surface area contributed by atoms with Crippen LogP contribution in [-0.4, -0.2) is 23.2 Å². The molecule has 1 aromatic carbocycles. The van der Waals surface area contributed by atoms with E-state index >= 15 is 0 Å². The fraction of sp³-hybridized carbons (Fsp3) is 0.417. The lowest BCUT2D eigenvalue weighted by atomic mass is 10.1. The van der Waals surface area contributed by atoms with Crippen molar-refractivity contribution in [2.45, 2.75) is 18.7 Å². The van der Waals surface area contributed by atoms with Gasteiger partial charge in [0.1, 0.15) is 0 Å². The summed E-state index contributed by atoms with van der Waals surface area (Å²) in [7, 11) is 0. The van der Waals surface area contributed by atoms with Gasteiger partial charge in [0.25, 0.3) is 0 Å². The summed E-state index contributed by atoms with van der Waals surface area (Å²) in [5, 5.41) is 8.91. The van der Waals surface area contributed by atoms with Crippen molar-refractivity contribution in [3.8, 4) is 0 Å². The van der Waals surface area contributed by atoms with Gasteiger partial charge < -0.3 is 5.11 Å². The zero-order chi connectivity index (χ0) is 11.3. The minimum atomic E-state index is 0.0924. The Hall–Kier alpha value is -0.800. The summed E-state index contributed by atoms with van der Waals surface area (Å²) in [6.07, 6.45) is 0. The molecule has 0 saturated carbocycles. The highest BCUT2D eigenvalue weighted by Gasteiger charge is 2.08. The number of rotatable bonds is 5. The maximum Gasteiger partial charge on any atom is 0.160 e. The largest absolute Gasteiger partial charge is 0.396 e. The summed E-state index contributed by atoms with van der Waals surface area (Å²) in [6, 6.07) is 7.59. The highest BCUT2D eigenvalue weighted by molar-refractivity contribution is 7.99. The number of carbonyl (C=O) groups is 1. The van der Waals surface area contributed by atoms with Gasteiger partial charge in [0.05, 0.1) is 0 Å². The first-order valence-corrected chi connectivity index (χ1v) is 5.97. The van der Waals surface area contributed by atoms with Crippen LogP contribution in [0.3, 0.4) is 0 Å². The standard InChI is InChI=1S/C12H16O2S/c1-9(7-13)8-15-12-6-4-3-5-11(12)10(2)14/h3-6,9,13H,7-8H2,1-2H3. The topological polar surface area (TPSA) is 37.3 Å². The lowest BCUT2D eigenvalue weighted by Crippen LogP contribution is -2.04. The van der Waals surface area contributed by atoms with Crippen molar-refractivity contribution in [2.75, 3.05) is 12.4 Å². The van der Waals surface area contributed by atoms with Gasteiger partial charge in [-0.15, -0.1) is 11.8 Å². The van der Waals surface area contributed by atoms with Crippen molar-refractivity contribution in [1.82, 2.24) is 0 Å². The van der Waals surface area contributed by atoms with E-state index in [1.54, 1.807) is 18.7 Å². The summed E-state index contributed by atoms with van der Waals surface area (Å²) >= 11 is 1.63. The SMILES string of the molecule is CC(=O)c1ccccc1SCC(C)CO. The van der Waals surface area contributed by atoms with E-state index in [1.807, 2.05) is 31.2 Å². The Bertz CT molecular complexity index is 336. The van der Waals surface area contributed by atoms with E-state index in [2.05, 4.69) is 0 Å². The third-order valence-corrected chi connectivity index (χ3v) is 3.50. The molecule has 0 fully saturated rings. The molecule has 1 aromatic rings. The van der Waals surface area contributed by atoms with E-state index in [1.165, 1.54) is 0 Å². The van der Waals surface area contributed by atoms with Crippen molar-refractivity contribution in [3.05, 3.63) is 29.8 Å². The summed E-state index contributed by atoms with van der Waals surface area (Å²) in [5.74, 6) is 1.19. The highest BCUT2D eigenvalue weighted by Crippen LogP contribution is 2.24. The minimum absolute atomic E-state index is 0.0924. The third-order valence-electron chi connectivity index (χ3n) is 2.10. The summed E-state index contributed by atoms with van der Waals surface area (Å²) in [4.78, 5) is 12.3. The van der Waals surface area contributed by atoms with E-state index in [9.17, 15) is 4.79 Å². The first-order chi connectivity index (χ1) is 7.15. The number of aliphatic hydroxyl groups excluding tert-OH is 1. The molecule has 1 N–H and O–H groups in total. The predicted octanol–water partition coefficient (Wildman–Crippen LogP) is 2.61. The molecule has 1 rings (SSSR count). The van der Waals surface area contributed by atoms with Crippen LogP contribution in [0.2, 0.25) is 0 Å². The molecule has 0 aromatic heterocycles. The zero-order valence-corrected chi connectivity index (χ0v) is 9.88. The van der Waals surface area contributed by atoms with Gasteiger partial charge in [0.15, 0.2) is 5.78 Å². The average Bonchev–Trinajstić information content (AvgIpc) is 2.26. The van der Waals surface area contributed by atoms with Gasteiger partial charge in [0.2, 0.25) is 0 Å². The predicted molar refractivity (Wildman–Crippen MR) is 63.4 cm³/mol. The molecule has 0 radical (unpaired) electrons. The van der Waals surface area contributed by atoms with Crippen LogP contribution in [0.15, 0.2) is 29.2 Å². The average molecular weight is 224 g/mol. The third kappa shape index (κ3) is 3.68. The molecule has 0 aliphatic carbocycles.